The highest BCUT2D eigenvalue weighted by Gasteiger charge is 2.22. The Labute approximate surface area is 90.7 Å². The van der Waals surface area contributed by atoms with Gasteiger partial charge in [0.15, 0.2) is 0 Å². The number of hydrogen-bond donors (Lipinski definition) is 0. The highest BCUT2D eigenvalue weighted by Crippen LogP contribution is 2.28. The van der Waals surface area contributed by atoms with Crippen molar-refractivity contribution in [2.75, 3.05) is 6.54 Å². The fraction of sp³-hybridized carbons (Fsp3) is 0.583. The van der Waals surface area contributed by atoms with E-state index in [1.54, 1.807) is 0 Å². The molecule has 0 radical (unpaired) electrons. The summed E-state index contributed by atoms with van der Waals surface area (Å²) in [5.41, 5.74) is 1.25. The van der Waals surface area contributed by atoms with Crippen molar-refractivity contribution in [3.63, 3.8) is 0 Å². The molecule has 1 fully saturated rings. The van der Waals surface area contributed by atoms with E-state index in [9.17, 15) is 4.79 Å². The summed E-state index contributed by atoms with van der Waals surface area (Å²) in [5, 5.41) is 0. The average Bonchev–Trinajstić information content (AvgIpc) is 2.54. The number of hydrogen-bond acceptors (Lipinski definition) is 1. The molecule has 0 aliphatic carbocycles. The molecule has 1 aromatic heterocycles. The highest BCUT2D eigenvalue weighted by molar-refractivity contribution is 5.48. The van der Waals surface area contributed by atoms with Crippen molar-refractivity contribution in [2.45, 2.75) is 31.7 Å². The second kappa shape index (κ2) is 4.51. The minimum absolute atomic E-state index is 0.282. The van der Waals surface area contributed by atoms with Crippen LogP contribution in [0.2, 0.25) is 0 Å². The summed E-state index contributed by atoms with van der Waals surface area (Å²) in [6.07, 6.45) is 7.74. The third-order valence-corrected chi connectivity index (χ3v) is 3.25. The zero-order valence-electron chi connectivity index (χ0n) is 9.22. The number of rotatable bonds is 2. The van der Waals surface area contributed by atoms with Crippen molar-refractivity contribution in [3.8, 4) is 0 Å². The average molecular weight is 206 g/mol. The van der Waals surface area contributed by atoms with Crippen LogP contribution in [0.25, 0.3) is 0 Å². The Balaban J connectivity index is 2.23. The Morgan fingerprint density at radius 3 is 2.93 bits per heavy atom. The molecule has 2 rings (SSSR count). The van der Waals surface area contributed by atoms with E-state index in [1.165, 1.54) is 18.5 Å². The maximum atomic E-state index is 11.0. The van der Waals surface area contributed by atoms with E-state index >= 15 is 0 Å². The van der Waals surface area contributed by atoms with Crippen molar-refractivity contribution in [2.24, 2.45) is 7.05 Å². The van der Waals surface area contributed by atoms with Gasteiger partial charge in [-0.3, -0.25) is 4.79 Å². The van der Waals surface area contributed by atoms with Crippen LogP contribution < -0.4 is 0 Å². The number of aromatic nitrogens is 1. The largest absolute Gasteiger partial charge is 0.353 e. The molecular weight excluding hydrogens is 188 g/mol. The molecular formula is C12H18N2O. The molecule has 3 heteroatoms. The zero-order chi connectivity index (χ0) is 10.7. The van der Waals surface area contributed by atoms with E-state index in [4.69, 9.17) is 0 Å². The normalized spacial score (nSPS) is 22.5. The topological polar surface area (TPSA) is 25.2 Å². The maximum absolute atomic E-state index is 11.0. The first-order chi connectivity index (χ1) is 7.33. The summed E-state index contributed by atoms with van der Waals surface area (Å²) in [6, 6.07) is 4.44. The minimum atomic E-state index is 0.282. The lowest BCUT2D eigenvalue weighted by Gasteiger charge is -2.26. The van der Waals surface area contributed by atoms with E-state index in [-0.39, 0.29) is 6.04 Å². The number of nitrogens with zero attached hydrogens (tertiary/aromatic N) is 2. The van der Waals surface area contributed by atoms with E-state index in [0.29, 0.717) is 0 Å². The van der Waals surface area contributed by atoms with Gasteiger partial charge in [-0.05, 0) is 25.0 Å². The molecule has 1 aliphatic heterocycles. The lowest BCUT2D eigenvalue weighted by molar-refractivity contribution is -0.120. The summed E-state index contributed by atoms with van der Waals surface area (Å²) in [4.78, 5) is 13.0. The third kappa shape index (κ3) is 2.06. The molecule has 1 aliphatic rings. The second-order valence-corrected chi connectivity index (χ2v) is 4.25. The van der Waals surface area contributed by atoms with Crippen molar-refractivity contribution in [1.29, 1.82) is 0 Å². The Morgan fingerprint density at radius 2 is 2.27 bits per heavy atom. The highest BCUT2D eigenvalue weighted by atomic mass is 16.1. The lowest BCUT2D eigenvalue weighted by atomic mass is 10.1. The fourth-order valence-electron chi connectivity index (χ4n) is 2.39. The molecule has 0 N–H and O–H groups in total. The van der Waals surface area contributed by atoms with Crippen LogP contribution in [0.5, 0.6) is 0 Å². The van der Waals surface area contributed by atoms with Crippen LogP contribution in [0.3, 0.4) is 0 Å². The quantitative estimate of drug-likeness (QED) is 0.680. The van der Waals surface area contributed by atoms with Crippen molar-refractivity contribution in [3.05, 3.63) is 24.0 Å². The van der Waals surface area contributed by atoms with Crippen molar-refractivity contribution < 1.29 is 4.79 Å². The van der Waals surface area contributed by atoms with Gasteiger partial charge in [-0.15, -0.1) is 0 Å². The van der Waals surface area contributed by atoms with Crippen LogP contribution in [-0.4, -0.2) is 22.4 Å². The van der Waals surface area contributed by atoms with Gasteiger partial charge in [0.1, 0.15) is 0 Å². The number of amides is 1. The molecule has 0 spiro atoms. The number of aryl methyl sites for hydroxylation is 1. The summed E-state index contributed by atoms with van der Waals surface area (Å²) < 4.78 is 2.12. The van der Waals surface area contributed by atoms with Gasteiger partial charge >= 0.3 is 0 Å². The first kappa shape index (κ1) is 10.3. The minimum Gasteiger partial charge on any atom is -0.353 e. The van der Waals surface area contributed by atoms with Crippen LogP contribution in [0.4, 0.5) is 0 Å². The van der Waals surface area contributed by atoms with Gasteiger partial charge in [0, 0.05) is 25.5 Å². The van der Waals surface area contributed by atoms with Crippen LogP contribution in [-0.2, 0) is 11.8 Å². The lowest BCUT2D eigenvalue weighted by Crippen LogP contribution is -2.28. The van der Waals surface area contributed by atoms with Gasteiger partial charge < -0.3 is 9.47 Å². The molecule has 0 bridgehead atoms. The van der Waals surface area contributed by atoms with E-state index in [2.05, 4.69) is 10.6 Å². The monoisotopic (exact) mass is 206 g/mol. The zero-order valence-corrected chi connectivity index (χ0v) is 9.22. The van der Waals surface area contributed by atoms with Crippen LogP contribution in [0.1, 0.15) is 37.4 Å². The summed E-state index contributed by atoms with van der Waals surface area (Å²) in [6.45, 7) is 0.902. The predicted molar refractivity (Wildman–Crippen MR) is 59.4 cm³/mol. The predicted octanol–water partition coefficient (Wildman–Crippen LogP) is 2.10. The number of likely N-dealkylation sites (tertiary alicyclic amines) is 1. The molecule has 1 aromatic rings. The third-order valence-electron chi connectivity index (χ3n) is 3.25. The van der Waals surface area contributed by atoms with E-state index < -0.39 is 0 Å². The first-order valence-corrected chi connectivity index (χ1v) is 5.65. The van der Waals surface area contributed by atoms with E-state index in [1.807, 2.05) is 24.2 Å². The van der Waals surface area contributed by atoms with Crippen LogP contribution in [0, 0.1) is 0 Å². The Kier molecular flexibility index (Phi) is 3.09. The van der Waals surface area contributed by atoms with E-state index in [0.717, 1.165) is 25.8 Å². The Hall–Kier alpha value is -1.25. The first-order valence-electron chi connectivity index (χ1n) is 5.65. The fourth-order valence-corrected chi connectivity index (χ4v) is 2.39. The molecule has 3 nitrogen and oxygen atoms in total. The van der Waals surface area contributed by atoms with Gasteiger partial charge in [-0.1, -0.05) is 12.8 Å². The van der Waals surface area contributed by atoms with Gasteiger partial charge in [-0.25, -0.2) is 0 Å². The van der Waals surface area contributed by atoms with Crippen LogP contribution >= 0.6 is 0 Å². The van der Waals surface area contributed by atoms with Gasteiger partial charge in [0.25, 0.3) is 0 Å². The molecule has 0 saturated carbocycles. The van der Waals surface area contributed by atoms with Gasteiger partial charge in [0.2, 0.25) is 6.41 Å². The molecule has 82 valence electrons. The molecule has 1 saturated heterocycles. The SMILES string of the molecule is Cn1cccc1C1CCCCCN1C=O. The maximum Gasteiger partial charge on any atom is 0.210 e. The van der Waals surface area contributed by atoms with Gasteiger partial charge in [0.05, 0.1) is 6.04 Å². The molecule has 15 heavy (non-hydrogen) atoms. The molecule has 2 heterocycles. The standard InChI is InChI=1S/C12H18N2O/c1-13-8-5-7-11(13)12-6-3-2-4-9-14(12)10-15/h5,7-8,10,12H,2-4,6,9H2,1H3. The van der Waals surface area contributed by atoms with Gasteiger partial charge in [-0.2, -0.15) is 0 Å². The molecule has 1 amide bonds. The Morgan fingerprint density at radius 1 is 1.40 bits per heavy atom. The van der Waals surface area contributed by atoms with Crippen LogP contribution in [0.15, 0.2) is 18.3 Å². The second-order valence-electron chi connectivity index (χ2n) is 4.25. The summed E-state index contributed by atoms with van der Waals surface area (Å²) in [5.74, 6) is 0. The smallest absolute Gasteiger partial charge is 0.210 e. The molecule has 1 unspecified atom stereocenters. The number of carbonyl (C=O) groups excluding carboxylic acids is 1. The molecule has 1 atom stereocenters. The Bertz CT molecular complexity index is 332. The van der Waals surface area contributed by atoms with Crippen molar-refractivity contribution in [1.82, 2.24) is 9.47 Å². The summed E-state index contributed by atoms with van der Waals surface area (Å²) in [7, 11) is 2.04. The molecule has 0 aromatic carbocycles. The van der Waals surface area contributed by atoms with Crippen molar-refractivity contribution >= 4 is 6.41 Å². The number of carbonyl (C=O) groups is 1. The summed E-state index contributed by atoms with van der Waals surface area (Å²) >= 11 is 0.